The Bertz CT molecular complexity index is 729. The molecule has 0 atom stereocenters. The molecule has 3 rings (SSSR count). The van der Waals surface area contributed by atoms with Gasteiger partial charge in [0.25, 0.3) is 0 Å². The molecule has 3 aromatic rings. The van der Waals surface area contributed by atoms with Gasteiger partial charge in [0, 0.05) is 24.2 Å². The van der Waals surface area contributed by atoms with Crippen LogP contribution >= 0.6 is 11.6 Å². The van der Waals surface area contributed by atoms with E-state index < -0.39 is 0 Å². The van der Waals surface area contributed by atoms with Crippen LogP contribution in [-0.4, -0.2) is 9.55 Å². The van der Waals surface area contributed by atoms with Crippen molar-refractivity contribution in [1.29, 1.82) is 0 Å². The van der Waals surface area contributed by atoms with Gasteiger partial charge in [-0.25, -0.2) is 4.98 Å². The van der Waals surface area contributed by atoms with Gasteiger partial charge in [0.15, 0.2) is 0 Å². The predicted molar refractivity (Wildman–Crippen MR) is 86.8 cm³/mol. The summed E-state index contributed by atoms with van der Waals surface area (Å²) in [6.07, 6.45) is 4.88. The number of hydrogen-bond donors (Lipinski definition) is 0. The van der Waals surface area contributed by atoms with Gasteiger partial charge in [-0.15, -0.1) is 0 Å². The predicted octanol–water partition coefficient (Wildman–Crippen LogP) is 4.48. The van der Waals surface area contributed by atoms with Crippen molar-refractivity contribution in [3.8, 4) is 0 Å². The summed E-state index contributed by atoms with van der Waals surface area (Å²) in [5.41, 5.74) is 4.96. The van der Waals surface area contributed by atoms with Gasteiger partial charge in [0.2, 0.25) is 0 Å². The molecule has 1 heterocycles. The zero-order valence-corrected chi connectivity index (χ0v) is 12.7. The third-order valence-electron chi connectivity index (χ3n) is 3.60. The van der Waals surface area contributed by atoms with Crippen LogP contribution in [0.5, 0.6) is 0 Å². The number of aryl methyl sites for hydroxylation is 1. The van der Waals surface area contributed by atoms with Crippen molar-refractivity contribution < 1.29 is 0 Å². The van der Waals surface area contributed by atoms with E-state index in [1.165, 1.54) is 16.7 Å². The first-order chi connectivity index (χ1) is 10.2. The van der Waals surface area contributed by atoms with Gasteiger partial charge in [-0.05, 0) is 35.7 Å². The first-order valence-electron chi connectivity index (χ1n) is 7.00. The highest BCUT2D eigenvalue weighted by Gasteiger charge is 2.03. The lowest BCUT2D eigenvalue weighted by Crippen LogP contribution is -1.96. The van der Waals surface area contributed by atoms with E-state index in [-0.39, 0.29) is 0 Å². The molecule has 0 saturated carbocycles. The lowest BCUT2D eigenvalue weighted by molar-refractivity contribution is 0.796. The normalized spacial score (nSPS) is 10.8. The molecular weight excluding hydrogens is 280 g/mol. The topological polar surface area (TPSA) is 17.8 Å². The Morgan fingerprint density at radius 2 is 1.81 bits per heavy atom. The van der Waals surface area contributed by atoms with Crippen LogP contribution in [0.15, 0.2) is 61.1 Å². The van der Waals surface area contributed by atoms with Crippen molar-refractivity contribution in [3.05, 3.63) is 88.5 Å². The maximum absolute atomic E-state index is 5.90. The molecule has 0 radical (unpaired) electrons. The molecule has 0 bridgehead atoms. The molecule has 0 aliphatic carbocycles. The molecule has 2 nitrogen and oxygen atoms in total. The molecule has 0 spiro atoms. The Labute approximate surface area is 130 Å². The first-order valence-corrected chi connectivity index (χ1v) is 7.38. The van der Waals surface area contributed by atoms with E-state index in [9.17, 15) is 0 Å². The van der Waals surface area contributed by atoms with E-state index in [4.69, 9.17) is 11.6 Å². The largest absolute Gasteiger partial charge is 0.333 e. The third-order valence-corrected chi connectivity index (χ3v) is 3.85. The average molecular weight is 297 g/mol. The minimum Gasteiger partial charge on any atom is -0.333 e. The lowest BCUT2D eigenvalue weighted by atomic mass is 10.0. The standard InChI is InChI=1S/C18H17ClN2/c1-14-4-2-3-5-16(14)10-18-12-21(13-20-18)11-15-6-8-17(19)9-7-15/h2-9,12-13H,10-11H2,1H3. The molecular formula is C18H17ClN2. The van der Waals surface area contributed by atoms with Crippen LogP contribution in [0.1, 0.15) is 22.4 Å². The Hall–Kier alpha value is -2.06. The fourth-order valence-corrected chi connectivity index (χ4v) is 2.51. The third kappa shape index (κ3) is 3.53. The summed E-state index contributed by atoms with van der Waals surface area (Å²) in [7, 11) is 0. The van der Waals surface area contributed by atoms with Crippen molar-refractivity contribution in [1.82, 2.24) is 9.55 Å². The molecule has 2 aromatic carbocycles. The number of hydrogen-bond acceptors (Lipinski definition) is 1. The average Bonchev–Trinajstić information content (AvgIpc) is 2.91. The van der Waals surface area contributed by atoms with Crippen molar-refractivity contribution in [2.24, 2.45) is 0 Å². The van der Waals surface area contributed by atoms with Crippen molar-refractivity contribution in [3.63, 3.8) is 0 Å². The van der Waals surface area contributed by atoms with E-state index >= 15 is 0 Å². The molecule has 0 amide bonds. The van der Waals surface area contributed by atoms with Gasteiger partial charge >= 0.3 is 0 Å². The highest BCUT2D eigenvalue weighted by atomic mass is 35.5. The van der Waals surface area contributed by atoms with Gasteiger partial charge in [-0.2, -0.15) is 0 Å². The second-order valence-corrected chi connectivity index (χ2v) is 5.70. The minimum atomic E-state index is 0.768. The van der Waals surface area contributed by atoms with E-state index in [0.29, 0.717) is 0 Å². The summed E-state index contributed by atoms with van der Waals surface area (Å²) >= 11 is 5.90. The molecule has 21 heavy (non-hydrogen) atoms. The van der Waals surface area contributed by atoms with Crippen LogP contribution in [0.2, 0.25) is 5.02 Å². The Kier molecular flexibility index (Phi) is 4.07. The number of halogens is 1. The number of nitrogens with zero attached hydrogens (tertiary/aromatic N) is 2. The molecule has 0 fully saturated rings. The number of imidazole rings is 1. The summed E-state index contributed by atoms with van der Waals surface area (Å²) < 4.78 is 2.11. The Morgan fingerprint density at radius 1 is 1.05 bits per heavy atom. The van der Waals surface area contributed by atoms with Crippen LogP contribution in [0.3, 0.4) is 0 Å². The maximum Gasteiger partial charge on any atom is 0.0952 e. The number of rotatable bonds is 4. The highest BCUT2D eigenvalue weighted by Crippen LogP contribution is 2.14. The fourth-order valence-electron chi connectivity index (χ4n) is 2.39. The summed E-state index contributed by atoms with van der Waals surface area (Å²) in [5.74, 6) is 0. The molecule has 0 unspecified atom stereocenters. The Morgan fingerprint density at radius 3 is 2.57 bits per heavy atom. The summed E-state index contributed by atoms with van der Waals surface area (Å²) in [6, 6.07) is 16.4. The van der Waals surface area contributed by atoms with Crippen LogP contribution in [0.4, 0.5) is 0 Å². The summed E-state index contributed by atoms with van der Waals surface area (Å²) in [6.45, 7) is 2.96. The second-order valence-electron chi connectivity index (χ2n) is 5.27. The summed E-state index contributed by atoms with van der Waals surface area (Å²) in [5, 5.41) is 0.768. The smallest absolute Gasteiger partial charge is 0.0952 e. The van der Waals surface area contributed by atoms with E-state index in [0.717, 1.165) is 23.7 Å². The quantitative estimate of drug-likeness (QED) is 0.694. The van der Waals surface area contributed by atoms with Crippen LogP contribution in [-0.2, 0) is 13.0 Å². The molecule has 0 N–H and O–H groups in total. The molecule has 3 heteroatoms. The SMILES string of the molecule is Cc1ccccc1Cc1cn(Cc2ccc(Cl)cc2)cn1. The summed E-state index contributed by atoms with van der Waals surface area (Å²) in [4.78, 5) is 4.50. The fraction of sp³-hybridized carbons (Fsp3) is 0.167. The first kappa shape index (κ1) is 13.9. The van der Waals surface area contributed by atoms with Gasteiger partial charge in [0.1, 0.15) is 0 Å². The van der Waals surface area contributed by atoms with Gasteiger partial charge < -0.3 is 4.57 Å². The molecule has 0 aliphatic heterocycles. The number of benzene rings is 2. The van der Waals surface area contributed by atoms with Crippen LogP contribution in [0.25, 0.3) is 0 Å². The van der Waals surface area contributed by atoms with Crippen LogP contribution in [0, 0.1) is 6.92 Å². The Balaban J connectivity index is 1.72. The molecule has 0 aliphatic rings. The monoisotopic (exact) mass is 296 g/mol. The van der Waals surface area contributed by atoms with E-state index in [1.807, 2.05) is 30.6 Å². The van der Waals surface area contributed by atoms with Gasteiger partial charge in [-0.3, -0.25) is 0 Å². The zero-order valence-electron chi connectivity index (χ0n) is 12.0. The van der Waals surface area contributed by atoms with E-state index in [2.05, 4.69) is 46.9 Å². The van der Waals surface area contributed by atoms with Crippen molar-refractivity contribution in [2.75, 3.05) is 0 Å². The highest BCUT2D eigenvalue weighted by molar-refractivity contribution is 6.30. The maximum atomic E-state index is 5.90. The lowest BCUT2D eigenvalue weighted by Gasteiger charge is -2.03. The molecule has 0 saturated heterocycles. The zero-order chi connectivity index (χ0) is 14.7. The van der Waals surface area contributed by atoms with Gasteiger partial charge in [0.05, 0.1) is 12.0 Å². The van der Waals surface area contributed by atoms with Gasteiger partial charge in [-0.1, -0.05) is 48.0 Å². The molecule has 1 aromatic heterocycles. The second kappa shape index (κ2) is 6.15. The van der Waals surface area contributed by atoms with Crippen molar-refractivity contribution in [2.45, 2.75) is 19.9 Å². The minimum absolute atomic E-state index is 0.768. The number of aromatic nitrogens is 2. The van der Waals surface area contributed by atoms with E-state index in [1.54, 1.807) is 0 Å². The van der Waals surface area contributed by atoms with Crippen molar-refractivity contribution >= 4 is 11.6 Å². The molecule has 106 valence electrons. The van der Waals surface area contributed by atoms with Crippen LogP contribution < -0.4 is 0 Å².